The SMILES string of the molecule is CCCCNC(=O)[C@H](C)N(Cc1ccc(Cl)cc1Cl)C(=O)CN(c1ccc(C)cc1)S(=O)(=O)c1ccccc1. The van der Waals surface area contributed by atoms with Gasteiger partial charge >= 0.3 is 0 Å². The van der Waals surface area contributed by atoms with Gasteiger partial charge in [0.05, 0.1) is 10.6 Å². The van der Waals surface area contributed by atoms with Crippen molar-refractivity contribution in [2.45, 2.75) is 51.1 Å². The van der Waals surface area contributed by atoms with Crippen molar-refractivity contribution in [2.24, 2.45) is 0 Å². The van der Waals surface area contributed by atoms with Gasteiger partial charge in [0.15, 0.2) is 0 Å². The van der Waals surface area contributed by atoms with Gasteiger partial charge in [0.2, 0.25) is 11.8 Å². The zero-order valence-corrected chi connectivity index (χ0v) is 24.6. The smallest absolute Gasteiger partial charge is 0.264 e. The molecule has 10 heteroatoms. The fraction of sp³-hybridized carbons (Fsp3) is 0.310. The summed E-state index contributed by atoms with van der Waals surface area (Å²) in [6.45, 7) is 5.47. The molecule has 0 unspecified atom stereocenters. The summed E-state index contributed by atoms with van der Waals surface area (Å²) < 4.78 is 28.6. The molecule has 3 rings (SSSR count). The summed E-state index contributed by atoms with van der Waals surface area (Å²) in [6.07, 6.45) is 1.70. The number of nitrogens with zero attached hydrogens (tertiary/aromatic N) is 2. The molecule has 39 heavy (non-hydrogen) atoms. The van der Waals surface area contributed by atoms with E-state index in [2.05, 4.69) is 5.32 Å². The molecular weight excluding hydrogens is 557 g/mol. The van der Waals surface area contributed by atoms with E-state index in [1.54, 1.807) is 67.6 Å². The van der Waals surface area contributed by atoms with Crippen molar-refractivity contribution in [3.63, 3.8) is 0 Å². The second kappa shape index (κ2) is 13.8. The number of benzene rings is 3. The minimum atomic E-state index is -4.10. The molecule has 3 aromatic carbocycles. The van der Waals surface area contributed by atoms with Crippen molar-refractivity contribution in [3.05, 3.63) is 94.0 Å². The van der Waals surface area contributed by atoms with Crippen molar-refractivity contribution < 1.29 is 18.0 Å². The van der Waals surface area contributed by atoms with Gasteiger partial charge in [-0.3, -0.25) is 13.9 Å². The summed E-state index contributed by atoms with van der Waals surface area (Å²) in [5.74, 6) is -0.895. The highest BCUT2D eigenvalue weighted by atomic mass is 35.5. The van der Waals surface area contributed by atoms with Crippen LogP contribution in [-0.4, -0.2) is 44.3 Å². The maximum Gasteiger partial charge on any atom is 0.264 e. The molecule has 0 saturated carbocycles. The number of aryl methyl sites for hydroxylation is 1. The summed E-state index contributed by atoms with van der Waals surface area (Å²) in [5.41, 5.74) is 1.86. The molecule has 1 N–H and O–H groups in total. The number of amides is 2. The van der Waals surface area contributed by atoms with E-state index in [0.717, 1.165) is 22.7 Å². The average molecular weight is 591 g/mol. The van der Waals surface area contributed by atoms with Crippen LogP contribution in [0.1, 0.15) is 37.8 Å². The second-order valence-electron chi connectivity index (χ2n) is 9.24. The molecule has 0 saturated heterocycles. The minimum Gasteiger partial charge on any atom is -0.354 e. The first kappa shape index (κ1) is 30.5. The standard InChI is InChI=1S/C29H33Cl2N3O4S/c1-4-5-17-32-29(36)22(3)33(19-23-13-14-24(30)18-27(23)31)28(35)20-34(25-15-11-21(2)12-16-25)39(37,38)26-9-7-6-8-10-26/h6-16,18,22H,4-5,17,19-20H2,1-3H3,(H,32,36)/t22-/m0/s1. The minimum absolute atomic E-state index is 0.00960. The molecular formula is C29H33Cl2N3O4S. The van der Waals surface area contributed by atoms with E-state index >= 15 is 0 Å². The molecule has 0 bridgehead atoms. The summed E-state index contributed by atoms with van der Waals surface area (Å²) in [7, 11) is -4.10. The van der Waals surface area contributed by atoms with Gasteiger partial charge in [-0.2, -0.15) is 0 Å². The van der Waals surface area contributed by atoms with E-state index in [-0.39, 0.29) is 17.3 Å². The lowest BCUT2D eigenvalue weighted by molar-refractivity contribution is -0.139. The molecule has 7 nitrogen and oxygen atoms in total. The Labute approximate surface area is 240 Å². The van der Waals surface area contributed by atoms with Crippen LogP contribution in [0.3, 0.4) is 0 Å². The molecule has 0 radical (unpaired) electrons. The van der Waals surface area contributed by atoms with Crippen LogP contribution in [0.25, 0.3) is 0 Å². The van der Waals surface area contributed by atoms with Crippen molar-refractivity contribution in [1.29, 1.82) is 0 Å². The number of sulfonamides is 1. The topological polar surface area (TPSA) is 86.8 Å². The lowest BCUT2D eigenvalue weighted by atomic mass is 10.1. The third-order valence-electron chi connectivity index (χ3n) is 6.28. The Bertz CT molecular complexity index is 1380. The number of nitrogens with one attached hydrogen (secondary N) is 1. The van der Waals surface area contributed by atoms with E-state index in [9.17, 15) is 18.0 Å². The predicted octanol–water partition coefficient (Wildman–Crippen LogP) is 5.83. The van der Waals surface area contributed by atoms with Crippen LogP contribution in [0.5, 0.6) is 0 Å². The van der Waals surface area contributed by atoms with Crippen LogP contribution in [0, 0.1) is 6.92 Å². The van der Waals surface area contributed by atoms with E-state index in [0.29, 0.717) is 27.8 Å². The van der Waals surface area contributed by atoms with Gasteiger partial charge in [0.1, 0.15) is 12.6 Å². The Morgan fingerprint density at radius 1 is 0.974 bits per heavy atom. The Morgan fingerprint density at radius 3 is 2.26 bits per heavy atom. The molecule has 2 amide bonds. The van der Waals surface area contributed by atoms with Gasteiger partial charge < -0.3 is 10.2 Å². The lowest BCUT2D eigenvalue weighted by Crippen LogP contribution is -2.51. The monoisotopic (exact) mass is 589 g/mol. The molecule has 0 aliphatic carbocycles. The Balaban J connectivity index is 2.00. The van der Waals surface area contributed by atoms with Crippen molar-refractivity contribution in [1.82, 2.24) is 10.2 Å². The number of hydrogen-bond donors (Lipinski definition) is 1. The van der Waals surface area contributed by atoms with Crippen LogP contribution < -0.4 is 9.62 Å². The Kier molecular flexibility index (Phi) is 10.8. The van der Waals surface area contributed by atoms with E-state index in [1.807, 2.05) is 13.8 Å². The molecule has 0 aromatic heterocycles. The van der Waals surface area contributed by atoms with Crippen LogP contribution >= 0.6 is 23.2 Å². The third kappa shape index (κ3) is 7.97. The molecule has 0 aliphatic rings. The highest BCUT2D eigenvalue weighted by Gasteiger charge is 2.32. The molecule has 0 aliphatic heterocycles. The molecule has 1 atom stereocenters. The Hall–Kier alpha value is -3.07. The van der Waals surface area contributed by atoms with Gasteiger partial charge in [0.25, 0.3) is 10.0 Å². The second-order valence-corrected chi connectivity index (χ2v) is 11.9. The van der Waals surface area contributed by atoms with E-state index in [4.69, 9.17) is 23.2 Å². The van der Waals surface area contributed by atoms with Gasteiger partial charge in [-0.25, -0.2) is 8.42 Å². The average Bonchev–Trinajstić information content (AvgIpc) is 2.92. The van der Waals surface area contributed by atoms with Gasteiger partial charge in [-0.05, 0) is 62.2 Å². The largest absolute Gasteiger partial charge is 0.354 e. The molecule has 0 spiro atoms. The maximum absolute atomic E-state index is 13.9. The summed E-state index contributed by atoms with van der Waals surface area (Å²) in [4.78, 5) is 28.3. The fourth-order valence-electron chi connectivity index (χ4n) is 3.91. The quantitative estimate of drug-likeness (QED) is 0.269. The lowest BCUT2D eigenvalue weighted by Gasteiger charge is -2.32. The van der Waals surface area contributed by atoms with Crippen molar-refractivity contribution >= 4 is 50.7 Å². The number of anilines is 1. The van der Waals surface area contributed by atoms with Gasteiger partial charge in [0, 0.05) is 23.1 Å². The number of carbonyl (C=O) groups is 2. The fourth-order valence-corrected chi connectivity index (χ4v) is 5.82. The first-order chi connectivity index (χ1) is 18.5. The van der Waals surface area contributed by atoms with E-state index < -0.39 is 28.5 Å². The van der Waals surface area contributed by atoms with Crippen LogP contribution in [0.15, 0.2) is 77.7 Å². The summed E-state index contributed by atoms with van der Waals surface area (Å²) in [6, 6.07) is 18.8. The highest BCUT2D eigenvalue weighted by molar-refractivity contribution is 7.92. The molecule has 0 fully saturated rings. The van der Waals surface area contributed by atoms with Crippen LogP contribution in [0.2, 0.25) is 10.0 Å². The van der Waals surface area contributed by atoms with Crippen LogP contribution in [0.4, 0.5) is 5.69 Å². The number of hydrogen-bond acceptors (Lipinski definition) is 4. The van der Waals surface area contributed by atoms with Crippen molar-refractivity contribution in [3.8, 4) is 0 Å². The number of unbranched alkanes of at least 4 members (excludes halogenated alkanes) is 1. The number of carbonyl (C=O) groups excluding carboxylic acids is 2. The zero-order valence-electron chi connectivity index (χ0n) is 22.2. The van der Waals surface area contributed by atoms with Gasteiger partial charge in [-0.1, -0.05) is 78.5 Å². The maximum atomic E-state index is 13.9. The van der Waals surface area contributed by atoms with Crippen LogP contribution in [-0.2, 0) is 26.2 Å². The van der Waals surface area contributed by atoms with E-state index in [1.165, 1.54) is 17.0 Å². The number of rotatable bonds is 12. The molecule has 208 valence electrons. The Morgan fingerprint density at radius 2 is 1.64 bits per heavy atom. The normalized spacial score (nSPS) is 12.0. The highest BCUT2D eigenvalue weighted by Crippen LogP contribution is 2.26. The third-order valence-corrected chi connectivity index (χ3v) is 8.66. The first-order valence-corrected chi connectivity index (χ1v) is 14.9. The zero-order chi connectivity index (χ0) is 28.6. The first-order valence-electron chi connectivity index (χ1n) is 12.7. The van der Waals surface area contributed by atoms with Crippen molar-refractivity contribution in [2.75, 3.05) is 17.4 Å². The molecule has 3 aromatic rings. The summed E-state index contributed by atoms with van der Waals surface area (Å²) >= 11 is 12.5. The molecule has 0 heterocycles. The number of halogens is 2. The summed E-state index contributed by atoms with van der Waals surface area (Å²) in [5, 5.41) is 3.63. The predicted molar refractivity (Wildman–Crippen MR) is 157 cm³/mol. The van der Waals surface area contributed by atoms with Gasteiger partial charge in [-0.15, -0.1) is 0 Å².